The standard InChI is InChI=1S/C21H20BrNO4/c1-4-25-15-9-11-16(12-10-15)27-18-8-6-5-7-17(18)23-21(24)19-13(2)26-14(3)20(19)22/h5-12H,4H2,1-3H3,(H,23,24). The van der Waals surface area contributed by atoms with E-state index in [2.05, 4.69) is 21.2 Å². The monoisotopic (exact) mass is 429 g/mol. The number of aryl methyl sites for hydroxylation is 2. The third kappa shape index (κ3) is 4.34. The molecule has 1 heterocycles. The van der Waals surface area contributed by atoms with Crippen LogP contribution in [0.5, 0.6) is 17.2 Å². The molecule has 1 aromatic heterocycles. The summed E-state index contributed by atoms with van der Waals surface area (Å²) in [5.41, 5.74) is 1.05. The Labute approximate surface area is 166 Å². The fraction of sp³-hybridized carbons (Fsp3) is 0.190. The number of amides is 1. The van der Waals surface area contributed by atoms with Crippen molar-refractivity contribution in [1.82, 2.24) is 0 Å². The van der Waals surface area contributed by atoms with E-state index in [0.717, 1.165) is 5.75 Å². The molecule has 0 atom stereocenters. The van der Waals surface area contributed by atoms with Gasteiger partial charge < -0.3 is 19.2 Å². The molecule has 1 N–H and O–H groups in total. The first kappa shape index (κ1) is 19.0. The SMILES string of the molecule is CCOc1ccc(Oc2ccccc2NC(=O)c2c(C)oc(C)c2Br)cc1. The number of carbonyl (C=O) groups is 1. The zero-order valence-electron chi connectivity index (χ0n) is 15.3. The number of halogens is 1. The van der Waals surface area contributed by atoms with Crippen molar-refractivity contribution in [3.05, 3.63) is 70.1 Å². The number of hydrogen-bond donors (Lipinski definition) is 1. The number of benzene rings is 2. The second-order valence-electron chi connectivity index (χ2n) is 5.86. The first-order valence-electron chi connectivity index (χ1n) is 8.56. The molecule has 0 aliphatic heterocycles. The van der Waals surface area contributed by atoms with Crippen molar-refractivity contribution in [2.45, 2.75) is 20.8 Å². The molecule has 2 aromatic carbocycles. The van der Waals surface area contributed by atoms with Gasteiger partial charge in [-0.15, -0.1) is 0 Å². The van der Waals surface area contributed by atoms with Gasteiger partial charge in [0.1, 0.15) is 23.0 Å². The van der Waals surface area contributed by atoms with Crippen LogP contribution in [0.15, 0.2) is 57.4 Å². The van der Waals surface area contributed by atoms with Crippen LogP contribution < -0.4 is 14.8 Å². The maximum absolute atomic E-state index is 12.7. The number of ether oxygens (including phenoxy) is 2. The highest BCUT2D eigenvalue weighted by Gasteiger charge is 2.21. The van der Waals surface area contributed by atoms with Crippen LogP contribution in [-0.4, -0.2) is 12.5 Å². The molecule has 0 aliphatic carbocycles. The molecule has 6 heteroatoms. The van der Waals surface area contributed by atoms with Gasteiger partial charge in [-0.05, 0) is 73.1 Å². The van der Waals surface area contributed by atoms with Crippen LogP contribution >= 0.6 is 15.9 Å². The minimum absolute atomic E-state index is 0.265. The Kier molecular flexibility index (Phi) is 5.86. The van der Waals surface area contributed by atoms with Crippen LogP contribution in [0.2, 0.25) is 0 Å². The van der Waals surface area contributed by atoms with Gasteiger partial charge in [-0.2, -0.15) is 0 Å². The lowest BCUT2D eigenvalue weighted by atomic mass is 10.2. The molecule has 0 saturated heterocycles. The summed E-state index contributed by atoms with van der Waals surface area (Å²) >= 11 is 3.41. The van der Waals surface area contributed by atoms with Gasteiger partial charge in [-0.25, -0.2) is 0 Å². The summed E-state index contributed by atoms with van der Waals surface area (Å²) in [7, 11) is 0. The van der Waals surface area contributed by atoms with Gasteiger partial charge in [-0.3, -0.25) is 4.79 Å². The smallest absolute Gasteiger partial charge is 0.260 e. The van der Waals surface area contributed by atoms with E-state index in [1.54, 1.807) is 26.0 Å². The lowest BCUT2D eigenvalue weighted by Crippen LogP contribution is -2.13. The zero-order valence-corrected chi connectivity index (χ0v) is 16.9. The molecule has 0 radical (unpaired) electrons. The quantitative estimate of drug-likeness (QED) is 0.513. The molecule has 0 fully saturated rings. The average Bonchev–Trinajstić information content (AvgIpc) is 2.90. The second kappa shape index (κ2) is 8.31. The molecule has 0 bridgehead atoms. The first-order chi connectivity index (χ1) is 13.0. The molecule has 0 spiro atoms. The molecule has 0 unspecified atom stereocenters. The van der Waals surface area contributed by atoms with Gasteiger partial charge in [0, 0.05) is 0 Å². The summed E-state index contributed by atoms with van der Waals surface area (Å²) in [5.74, 6) is 2.93. The van der Waals surface area contributed by atoms with E-state index in [1.165, 1.54) is 0 Å². The maximum atomic E-state index is 12.7. The summed E-state index contributed by atoms with van der Waals surface area (Å²) < 4.78 is 17.5. The minimum Gasteiger partial charge on any atom is -0.494 e. The molecular weight excluding hydrogens is 410 g/mol. The van der Waals surface area contributed by atoms with Crippen molar-refractivity contribution in [3.8, 4) is 17.2 Å². The summed E-state index contributed by atoms with van der Waals surface area (Å²) in [4.78, 5) is 12.7. The van der Waals surface area contributed by atoms with Crippen LogP contribution in [0.1, 0.15) is 28.8 Å². The highest BCUT2D eigenvalue weighted by molar-refractivity contribution is 9.10. The van der Waals surface area contributed by atoms with Crippen LogP contribution in [-0.2, 0) is 0 Å². The predicted octanol–water partition coefficient (Wildman–Crippen LogP) is 6.10. The number of anilines is 1. The Balaban J connectivity index is 1.80. The molecule has 0 aliphatic rings. The highest BCUT2D eigenvalue weighted by Crippen LogP contribution is 2.32. The molecule has 5 nitrogen and oxygen atoms in total. The van der Waals surface area contributed by atoms with Crippen LogP contribution in [0.3, 0.4) is 0 Å². The normalized spacial score (nSPS) is 10.5. The lowest BCUT2D eigenvalue weighted by molar-refractivity contribution is 0.102. The first-order valence-corrected chi connectivity index (χ1v) is 9.35. The Morgan fingerprint density at radius 3 is 2.33 bits per heavy atom. The Hall–Kier alpha value is -2.73. The van der Waals surface area contributed by atoms with E-state index >= 15 is 0 Å². The predicted molar refractivity (Wildman–Crippen MR) is 108 cm³/mol. The van der Waals surface area contributed by atoms with Crippen molar-refractivity contribution in [1.29, 1.82) is 0 Å². The Bertz CT molecular complexity index is 947. The second-order valence-corrected chi connectivity index (χ2v) is 6.65. The minimum atomic E-state index is -0.265. The average molecular weight is 430 g/mol. The van der Waals surface area contributed by atoms with Gasteiger partial charge >= 0.3 is 0 Å². The Morgan fingerprint density at radius 1 is 1.04 bits per heavy atom. The molecule has 3 rings (SSSR count). The van der Waals surface area contributed by atoms with E-state index in [4.69, 9.17) is 13.9 Å². The molecule has 1 amide bonds. The zero-order chi connectivity index (χ0) is 19.4. The number of rotatable bonds is 6. The fourth-order valence-electron chi connectivity index (χ4n) is 2.66. The third-order valence-electron chi connectivity index (χ3n) is 3.91. The Morgan fingerprint density at radius 2 is 1.70 bits per heavy atom. The fourth-order valence-corrected chi connectivity index (χ4v) is 3.20. The number of nitrogens with one attached hydrogen (secondary N) is 1. The summed E-state index contributed by atoms with van der Waals surface area (Å²) in [6.07, 6.45) is 0. The number of furan rings is 1. The van der Waals surface area contributed by atoms with E-state index in [9.17, 15) is 4.79 Å². The van der Waals surface area contributed by atoms with Crippen molar-refractivity contribution in [3.63, 3.8) is 0 Å². The summed E-state index contributed by atoms with van der Waals surface area (Å²) in [6, 6.07) is 14.6. The maximum Gasteiger partial charge on any atom is 0.260 e. The third-order valence-corrected chi connectivity index (χ3v) is 4.87. The number of para-hydroxylation sites is 2. The van der Waals surface area contributed by atoms with Crippen LogP contribution in [0, 0.1) is 13.8 Å². The number of hydrogen-bond acceptors (Lipinski definition) is 4. The highest BCUT2D eigenvalue weighted by atomic mass is 79.9. The van der Waals surface area contributed by atoms with E-state index < -0.39 is 0 Å². The molecule has 3 aromatic rings. The van der Waals surface area contributed by atoms with Crippen molar-refractivity contribution >= 4 is 27.5 Å². The molecule has 0 saturated carbocycles. The van der Waals surface area contributed by atoms with E-state index in [1.807, 2.05) is 43.3 Å². The topological polar surface area (TPSA) is 60.7 Å². The number of carbonyl (C=O) groups excluding carboxylic acids is 1. The summed E-state index contributed by atoms with van der Waals surface area (Å²) in [5, 5.41) is 2.90. The van der Waals surface area contributed by atoms with Crippen molar-refractivity contribution in [2.75, 3.05) is 11.9 Å². The van der Waals surface area contributed by atoms with Gasteiger partial charge in [0.05, 0.1) is 22.3 Å². The van der Waals surface area contributed by atoms with Crippen molar-refractivity contribution < 1.29 is 18.7 Å². The van der Waals surface area contributed by atoms with Gasteiger partial charge in [-0.1, -0.05) is 12.1 Å². The van der Waals surface area contributed by atoms with E-state index in [-0.39, 0.29) is 5.91 Å². The molecular formula is C21H20BrNO4. The van der Waals surface area contributed by atoms with Crippen molar-refractivity contribution in [2.24, 2.45) is 0 Å². The lowest BCUT2D eigenvalue weighted by Gasteiger charge is -2.12. The largest absolute Gasteiger partial charge is 0.494 e. The van der Waals surface area contributed by atoms with Crippen LogP contribution in [0.25, 0.3) is 0 Å². The van der Waals surface area contributed by atoms with Gasteiger partial charge in [0.15, 0.2) is 5.75 Å². The summed E-state index contributed by atoms with van der Waals surface area (Å²) in [6.45, 7) is 6.11. The van der Waals surface area contributed by atoms with Gasteiger partial charge in [0.25, 0.3) is 5.91 Å². The molecule has 140 valence electrons. The van der Waals surface area contributed by atoms with E-state index in [0.29, 0.717) is 45.3 Å². The van der Waals surface area contributed by atoms with Crippen LogP contribution in [0.4, 0.5) is 5.69 Å². The molecule has 27 heavy (non-hydrogen) atoms. The van der Waals surface area contributed by atoms with Gasteiger partial charge in [0.2, 0.25) is 0 Å².